The Labute approximate surface area is 329 Å². The standard InChI is InChI=1S/C53H45BN2/c1-30-26-37-38-27-31(2)29-44-51(38)56-49(37)42(28-30)53(39-21-11-9-18-34(39)35-19-10-12-22-40(35)53)41-24-25-45-47(52(41)56)54(44)43-23-13-20-36-46(32-14-5-3-6-15-32)48(55(45)50(36)43)33-16-7-4-8-17-33/h9-13,18-29,32-33H,3-8,14-17H2,1-2H3. The van der Waals surface area contributed by atoms with Crippen LogP contribution in [0, 0.1) is 13.8 Å². The van der Waals surface area contributed by atoms with Gasteiger partial charge in [0.25, 0.3) is 6.71 Å². The van der Waals surface area contributed by atoms with Crippen LogP contribution >= 0.6 is 0 Å². The monoisotopic (exact) mass is 720 g/mol. The lowest BCUT2D eigenvalue weighted by molar-refractivity contribution is 0.413. The molecule has 14 rings (SSSR count). The van der Waals surface area contributed by atoms with Crippen LogP contribution in [0.2, 0.25) is 0 Å². The van der Waals surface area contributed by atoms with Gasteiger partial charge in [0, 0.05) is 44.3 Å². The number of rotatable bonds is 2. The molecule has 270 valence electrons. The maximum atomic E-state index is 2.89. The molecule has 3 aliphatic heterocycles. The third-order valence-electron chi connectivity index (χ3n) is 15.7. The first kappa shape index (κ1) is 30.9. The van der Waals surface area contributed by atoms with Gasteiger partial charge in [0.15, 0.2) is 0 Å². The Balaban J connectivity index is 1.21. The van der Waals surface area contributed by atoms with Crippen LogP contribution in [0.15, 0.2) is 103 Å². The molecule has 0 N–H and O–H groups in total. The summed E-state index contributed by atoms with van der Waals surface area (Å²) in [6.07, 6.45) is 13.5. The van der Waals surface area contributed by atoms with Gasteiger partial charge in [0.05, 0.1) is 10.9 Å². The summed E-state index contributed by atoms with van der Waals surface area (Å²) in [4.78, 5) is 0. The lowest BCUT2D eigenvalue weighted by Crippen LogP contribution is -2.60. The van der Waals surface area contributed by atoms with Crippen molar-refractivity contribution in [1.82, 2.24) is 9.13 Å². The minimum atomic E-state index is -0.411. The van der Waals surface area contributed by atoms with Gasteiger partial charge in [-0.05, 0) is 125 Å². The van der Waals surface area contributed by atoms with Gasteiger partial charge < -0.3 is 9.13 Å². The third kappa shape index (κ3) is 3.44. The molecule has 0 radical (unpaired) electrons. The fourth-order valence-electron chi connectivity index (χ4n) is 13.9. The topological polar surface area (TPSA) is 9.86 Å². The molecule has 0 amide bonds. The maximum Gasteiger partial charge on any atom is 0.252 e. The SMILES string of the molecule is Cc1cc2c3c(c1)c1cc(C)cc4c1n3-c1c(ccc3c1B2c1cccc2c(C5CCCCC5)c(C5CCCCC5)n-3c12)C41c2ccccc2-c2ccccc21. The summed E-state index contributed by atoms with van der Waals surface area (Å²) in [6.45, 7) is 4.83. The van der Waals surface area contributed by atoms with Crippen molar-refractivity contribution in [2.75, 3.05) is 0 Å². The van der Waals surface area contributed by atoms with Crippen molar-refractivity contribution < 1.29 is 0 Å². The molecule has 2 saturated carbocycles. The molecule has 3 heteroatoms. The van der Waals surface area contributed by atoms with E-state index in [9.17, 15) is 0 Å². The predicted molar refractivity (Wildman–Crippen MR) is 234 cm³/mol. The van der Waals surface area contributed by atoms with Gasteiger partial charge in [-0.3, -0.25) is 0 Å². The van der Waals surface area contributed by atoms with Crippen LogP contribution in [0.25, 0.3) is 55.2 Å². The Kier molecular flexibility index (Phi) is 5.82. The van der Waals surface area contributed by atoms with Gasteiger partial charge in [-0.1, -0.05) is 135 Å². The highest BCUT2D eigenvalue weighted by Crippen LogP contribution is 2.62. The van der Waals surface area contributed by atoms with Gasteiger partial charge in [0.1, 0.15) is 0 Å². The van der Waals surface area contributed by atoms with Crippen LogP contribution in [0.5, 0.6) is 0 Å². The van der Waals surface area contributed by atoms with Gasteiger partial charge >= 0.3 is 0 Å². The van der Waals surface area contributed by atoms with E-state index >= 15 is 0 Å². The number of para-hydroxylation sites is 1. The molecule has 8 aromatic rings. The lowest BCUT2D eigenvalue weighted by Gasteiger charge is -2.44. The van der Waals surface area contributed by atoms with E-state index in [2.05, 4.69) is 126 Å². The van der Waals surface area contributed by atoms with Crippen molar-refractivity contribution in [3.8, 4) is 22.5 Å². The highest BCUT2D eigenvalue weighted by molar-refractivity contribution is 7.00. The molecule has 0 atom stereocenters. The molecule has 0 bridgehead atoms. The zero-order valence-electron chi connectivity index (χ0n) is 32.5. The van der Waals surface area contributed by atoms with Crippen LogP contribution in [-0.4, -0.2) is 15.8 Å². The van der Waals surface area contributed by atoms with Gasteiger partial charge in [-0.15, -0.1) is 0 Å². The van der Waals surface area contributed by atoms with E-state index in [-0.39, 0.29) is 6.71 Å². The van der Waals surface area contributed by atoms with Crippen LogP contribution in [-0.2, 0) is 5.41 Å². The third-order valence-corrected chi connectivity index (χ3v) is 15.7. The number of aryl methyl sites for hydroxylation is 2. The van der Waals surface area contributed by atoms with E-state index in [0.29, 0.717) is 11.8 Å². The minimum Gasteiger partial charge on any atom is -0.314 e. The summed E-state index contributed by atoms with van der Waals surface area (Å²) in [7, 11) is 0. The Morgan fingerprint density at radius 1 is 0.518 bits per heavy atom. The first-order valence-electron chi connectivity index (χ1n) is 21.8. The summed E-state index contributed by atoms with van der Waals surface area (Å²) in [5, 5.41) is 4.38. The number of aromatic nitrogens is 2. The average molecular weight is 721 g/mol. The first-order chi connectivity index (χ1) is 27.6. The highest BCUT2D eigenvalue weighted by atomic mass is 15.1. The second-order valence-corrected chi connectivity index (χ2v) is 18.5. The van der Waals surface area contributed by atoms with Gasteiger partial charge in [0.2, 0.25) is 0 Å². The number of fused-ring (bicyclic) bond motifs is 11. The van der Waals surface area contributed by atoms with E-state index in [1.165, 1.54) is 164 Å². The highest BCUT2D eigenvalue weighted by Gasteiger charge is 2.54. The number of benzene rings is 6. The predicted octanol–water partition coefficient (Wildman–Crippen LogP) is 11.3. The maximum absolute atomic E-state index is 2.89. The Morgan fingerprint density at radius 3 is 1.89 bits per heavy atom. The molecular weight excluding hydrogens is 675 g/mol. The van der Waals surface area contributed by atoms with Crippen molar-refractivity contribution in [3.63, 3.8) is 0 Å². The lowest BCUT2D eigenvalue weighted by atomic mass is 9.33. The summed E-state index contributed by atoms with van der Waals surface area (Å²) < 4.78 is 5.67. The Bertz CT molecular complexity index is 3040. The van der Waals surface area contributed by atoms with Crippen LogP contribution in [0.1, 0.15) is 121 Å². The zero-order valence-corrected chi connectivity index (χ0v) is 32.5. The van der Waals surface area contributed by atoms with Crippen LogP contribution in [0.4, 0.5) is 0 Å². The Morgan fingerprint density at radius 2 is 1.16 bits per heavy atom. The minimum absolute atomic E-state index is 0.176. The largest absolute Gasteiger partial charge is 0.314 e. The smallest absolute Gasteiger partial charge is 0.252 e. The van der Waals surface area contributed by atoms with Crippen molar-refractivity contribution in [2.24, 2.45) is 0 Å². The molecule has 3 aliphatic carbocycles. The molecule has 6 aromatic carbocycles. The molecule has 2 nitrogen and oxygen atoms in total. The quantitative estimate of drug-likeness (QED) is 0.157. The average Bonchev–Trinajstić information content (AvgIpc) is 3.86. The normalized spacial score (nSPS) is 18.5. The van der Waals surface area contributed by atoms with E-state index in [1.54, 1.807) is 16.6 Å². The van der Waals surface area contributed by atoms with Crippen molar-refractivity contribution in [1.29, 1.82) is 0 Å². The molecule has 2 aromatic heterocycles. The number of hydrogen-bond donors (Lipinski definition) is 0. The summed E-state index contributed by atoms with van der Waals surface area (Å²) in [5.41, 5.74) is 26.0. The van der Waals surface area contributed by atoms with Crippen LogP contribution in [0.3, 0.4) is 0 Å². The molecule has 1 spiro atoms. The van der Waals surface area contributed by atoms with Gasteiger partial charge in [-0.2, -0.15) is 0 Å². The molecular formula is C53H45BN2. The zero-order chi connectivity index (χ0) is 36.6. The summed E-state index contributed by atoms with van der Waals surface area (Å²) in [6, 6.07) is 41.5. The van der Waals surface area contributed by atoms with Crippen molar-refractivity contribution >= 4 is 55.8 Å². The second-order valence-electron chi connectivity index (χ2n) is 18.5. The summed E-state index contributed by atoms with van der Waals surface area (Å²) >= 11 is 0. The van der Waals surface area contributed by atoms with Crippen molar-refractivity contribution in [3.05, 3.63) is 148 Å². The van der Waals surface area contributed by atoms with E-state index in [0.717, 1.165) is 0 Å². The summed E-state index contributed by atoms with van der Waals surface area (Å²) in [5.74, 6) is 1.28. The first-order valence-corrected chi connectivity index (χ1v) is 21.8. The number of nitrogens with zero attached hydrogens (tertiary/aromatic N) is 2. The molecule has 6 aliphatic rings. The number of hydrogen-bond acceptors (Lipinski definition) is 0. The van der Waals surface area contributed by atoms with E-state index < -0.39 is 5.41 Å². The molecule has 5 heterocycles. The molecule has 0 unspecified atom stereocenters. The molecule has 0 saturated heterocycles. The van der Waals surface area contributed by atoms with Crippen molar-refractivity contribution in [2.45, 2.75) is 95.3 Å². The van der Waals surface area contributed by atoms with E-state index in [4.69, 9.17) is 0 Å². The van der Waals surface area contributed by atoms with Crippen LogP contribution < -0.4 is 16.4 Å². The fourth-order valence-corrected chi connectivity index (χ4v) is 13.9. The van der Waals surface area contributed by atoms with Gasteiger partial charge in [-0.25, -0.2) is 0 Å². The second kappa shape index (κ2) is 10.6. The van der Waals surface area contributed by atoms with E-state index in [1.807, 2.05) is 0 Å². The molecule has 2 fully saturated rings. The Hall–Kier alpha value is -5.28. The fraction of sp³-hybridized carbons (Fsp3) is 0.283. The molecule has 56 heavy (non-hydrogen) atoms.